The first-order valence-corrected chi connectivity index (χ1v) is 11.8. The lowest BCUT2D eigenvalue weighted by molar-refractivity contribution is 0.0117. The average molecular weight is 520 g/mol. The first-order valence-electron chi connectivity index (χ1n) is 11.8. The van der Waals surface area contributed by atoms with Crippen LogP contribution >= 0.6 is 0 Å². The van der Waals surface area contributed by atoms with Crippen molar-refractivity contribution >= 4 is 0 Å². The summed E-state index contributed by atoms with van der Waals surface area (Å²) in [4.78, 5) is 8.13. The van der Waals surface area contributed by atoms with Crippen LogP contribution in [0.3, 0.4) is 0 Å². The van der Waals surface area contributed by atoms with Crippen LogP contribution in [-0.2, 0) is 25.7 Å². The molecule has 0 saturated heterocycles. The van der Waals surface area contributed by atoms with Crippen molar-refractivity contribution in [3.63, 3.8) is 0 Å². The summed E-state index contributed by atoms with van der Waals surface area (Å²) in [6.45, 7) is 0.0742. The number of hydrogen-bond donors (Lipinski definition) is 2. The fraction of sp³-hybridized carbons (Fsp3) is 0.185. The van der Waals surface area contributed by atoms with Crippen molar-refractivity contribution < 1.29 is 18.3 Å². The Labute approximate surface area is 216 Å². The molecule has 3 aromatic heterocycles. The molecule has 2 N–H and O–H groups in total. The Morgan fingerprint density at radius 1 is 0.974 bits per heavy atom. The van der Waals surface area contributed by atoms with Crippen LogP contribution in [0.1, 0.15) is 11.1 Å². The minimum Gasteiger partial charge on any atom is -0.382 e. The van der Waals surface area contributed by atoms with E-state index >= 15 is 0 Å². The smallest absolute Gasteiger partial charge is 0.137 e. The topological polar surface area (TPSA) is 93.7 Å². The molecule has 5 rings (SSSR count). The van der Waals surface area contributed by atoms with Crippen LogP contribution in [0, 0.1) is 17.5 Å². The molecule has 0 saturated carbocycles. The molecular weight excluding hydrogens is 495 g/mol. The van der Waals surface area contributed by atoms with Gasteiger partial charge in [0.1, 0.15) is 41.4 Å². The molecule has 0 amide bonds. The molecule has 38 heavy (non-hydrogen) atoms. The monoisotopic (exact) mass is 519 g/mol. The van der Waals surface area contributed by atoms with Crippen molar-refractivity contribution in [2.24, 2.45) is 7.05 Å². The van der Waals surface area contributed by atoms with Crippen LogP contribution in [0.15, 0.2) is 79.8 Å². The maximum atomic E-state index is 14.7. The van der Waals surface area contributed by atoms with Gasteiger partial charge in [-0.05, 0) is 47.5 Å². The number of nitrogens with one attached hydrogen (secondary N) is 1. The summed E-state index contributed by atoms with van der Waals surface area (Å²) in [7, 11) is 1.80. The molecule has 194 valence electrons. The summed E-state index contributed by atoms with van der Waals surface area (Å²) in [5.74, 6) is -1.94. The normalized spacial score (nSPS) is 13.0. The minimum absolute atomic E-state index is 0.0702. The maximum absolute atomic E-state index is 14.7. The fourth-order valence-corrected chi connectivity index (χ4v) is 4.43. The van der Waals surface area contributed by atoms with Gasteiger partial charge in [-0.2, -0.15) is 10.2 Å². The molecule has 0 fully saturated rings. The number of rotatable bonds is 9. The summed E-state index contributed by atoms with van der Waals surface area (Å²) in [6.07, 6.45) is 7.94. The Morgan fingerprint density at radius 3 is 2.50 bits per heavy atom. The third-order valence-corrected chi connectivity index (χ3v) is 6.20. The van der Waals surface area contributed by atoms with Crippen molar-refractivity contribution in [3.8, 4) is 22.4 Å². The third kappa shape index (κ3) is 5.34. The lowest BCUT2D eigenvalue weighted by Gasteiger charge is -2.29. The van der Waals surface area contributed by atoms with E-state index in [9.17, 15) is 18.3 Å². The first-order chi connectivity index (χ1) is 18.3. The first kappa shape index (κ1) is 25.3. The molecule has 8 nitrogen and oxygen atoms in total. The fourth-order valence-electron chi connectivity index (χ4n) is 4.43. The average Bonchev–Trinajstić information content (AvgIpc) is 3.54. The zero-order valence-corrected chi connectivity index (χ0v) is 20.4. The Hall–Kier alpha value is -4.35. The Morgan fingerprint density at radius 2 is 1.76 bits per heavy atom. The van der Waals surface area contributed by atoms with E-state index in [1.165, 1.54) is 35.5 Å². The highest BCUT2D eigenvalue weighted by Gasteiger charge is 2.33. The molecule has 0 spiro atoms. The second-order valence-corrected chi connectivity index (χ2v) is 8.96. The number of halogens is 3. The molecule has 0 aliphatic rings. The number of nitrogens with zero attached hydrogens (tertiary/aromatic N) is 6. The van der Waals surface area contributed by atoms with Crippen LogP contribution in [0.2, 0.25) is 0 Å². The van der Waals surface area contributed by atoms with E-state index in [4.69, 9.17) is 0 Å². The Bertz CT molecular complexity index is 1540. The highest BCUT2D eigenvalue weighted by molar-refractivity contribution is 5.81. The maximum Gasteiger partial charge on any atom is 0.137 e. The Kier molecular flexibility index (Phi) is 7.03. The summed E-state index contributed by atoms with van der Waals surface area (Å²) in [6, 6.07) is 11.0. The molecule has 11 heteroatoms. The summed E-state index contributed by atoms with van der Waals surface area (Å²) >= 11 is 0. The predicted molar refractivity (Wildman–Crippen MR) is 134 cm³/mol. The molecule has 5 aromatic rings. The van der Waals surface area contributed by atoms with Gasteiger partial charge in [-0.15, -0.1) is 0 Å². The van der Waals surface area contributed by atoms with Crippen LogP contribution in [0.5, 0.6) is 0 Å². The SMILES string of the molecule is Cn1cc(-c2ccncc2CNC[C@](O)(Cn2cncn2)c2ccc(F)cc2F)c(-c2ccc(F)cc2)n1. The van der Waals surface area contributed by atoms with E-state index in [0.717, 1.165) is 34.4 Å². The van der Waals surface area contributed by atoms with Crippen LogP contribution in [0.4, 0.5) is 13.2 Å². The van der Waals surface area contributed by atoms with Gasteiger partial charge in [0.2, 0.25) is 0 Å². The molecule has 0 aliphatic carbocycles. The Balaban J connectivity index is 1.42. The van der Waals surface area contributed by atoms with Crippen LogP contribution < -0.4 is 5.32 Å². The van der Waals surface area contributed by atoms with Gasteiger partial charge in [0.15, 0.2) is 0 Å². The molecule has 2 aromatic carbocycles. The van der Waals surface area contributed by atoms with E-state index < -0.39 is 17.2 Å². The minimum atomic E-state index is -1.76. The molecule has 0 radical (unpaired) electrons. The van der Waals surface area contributed by atoms with Crippen molar-refractivity contribution in [2.75, 3.05) is 6.54 Å². The van der Waals surface area contributed by atoms with Crippen molar-refractivity contribution in [1.29, 1.82) is 0 Å². The number of aryl methyl sites for hydroxylation is 1. The second-order valence-electron chi connectivity index (χ2n) is 8.96. The summed E-state index contributed by atoms with van der Waals surface area (Å²) < 4.78 is 44.9. The van der Waals surface area contributed by atoms with E-state index in [-0.39, 0.29) is 31.0 Å². The van der Waals surface area contributed by atoms with Gasteiger partial charge in [-0.25, -0.2) is 22.8 Å². The molecule has 1 atom stereocenters. The van der Waals surface area contributed by atoms with Gasteiger partial charge in [-0.3, -0.25) is 9.67 Å². The zero-order valence-electron chi connectivity index (χ0n) is 20.4. The summed E-state index contributed by atoms with van der Waals surface area (Å²) in [5, 5.41) is 23.3. The van der Waals surface area contributed by atoms with Gasteiger partial charge >= 0.3 is 0 Å². The van der Waals surface area contributed by atoms with Gasteiger partial charge in [-0.1, -0.05) is 6.07 Å². The van der Waals surface area contributed by atoms with Crippen molar-refractivity contribution in [2.45, 2.75) is 18.7 Å². The number of hydrogen-bond acceptors (Lipinski definition) is 6. The molecular formula is C27H24F3N7O. The number of aromatic nitrogens is 6. The molecule has 0 unspecified atom stereocenters. The van der Waals surface area contributed by atoms with Gasteiger partial charge in [0.05, 0.1) is 6.54 Å². The summed E-state index contributed by atoms with van der Waals surface area (Å²) in [5.41, 5.74) is 2.06. The van der Waals surface area contributed by atoms with Crippen molar-refractivity contribution in [3.05, 3.63) is 108 Å². The molecule has 3 heterocycles. The molecule has 0 aliphatic heterocycles. The number of pyridine rings is 1. The van der Waals surface area contributed by atoms with Gasteiger partial charge in [0, 0.05) is 61.5 Å². The van der Waals surface area contributed by atoms with E-state index in [1.54, 1.807) is 36.3 Å². The van der Waals surface area contributed by atoms with E-state index in [1.807, 2.05) is 12.3 Å². The third-order valence-electron chi connectivity index (χ3n) is 6.20. The standard InChI is InChI=1S/C27H24F3N7O/c1-36-13-23(26(35-36)18-2-4-20(28)5-3-18)22-8-9-31-11-19(22)12-32-14-27(38,15-37-17-33-16-34-37)24-7-6-21(29)10-25(24)30/h2-11,13,16-17,32,38H,12,14-15H2,1H3/t27-/m0/s1. The lowest BCUT2D eigenvalue weighted by atomic mass is 9.92. The molecule has 0 bridgehead atoms. The van der Waals surface area contributed by atoms with E-state index in [2.05, 4.69) is 25.5 Å². The zero-order chi connectivity index (χ0) is 26.7. The quantitative estimate of drug-likeness (QED) is 0.308. The van der Waals surface area contributed by atoms with Gasteiger partial charge in [0.25, 0.3) is 0 Å². The van der Waals surface area contributed by atoms with Crippen LogP contribution in [-0.4, -0.2) is 41.2 Å². The van der Waals surface area contributed by atoms with E-state index in [0.29, 0.717) is 5.69 Å². The largest absolute Gasteiger partial charge is 0.382 e. The van der Waals surface area contributed by atoms with Crippen molar-refractivity contribution in [1.82, 2.24) is 34.8 Å². The highest BCUT2D eigenvalue weighted by atomic mass is 19.1. The number of aliphatic hydroxyl groups is 1. The highest BCUT2D eigenvalue weighted by Crippen LogP contribution is 2.33. The predicted octanol–water partition coefficient (Wildman–Crippen LogP) is 3.84. The lowest BCUT2D eigenvalue weighted by Crippen LogP contribution is -2.42. The van der Waals surface area contributed by atoms with Crippen LogP contribution in [0.25, 0.3) is 22.4 Å². The van der Waals surface area contributed by atoms with Gasteiger partial charge < -0.3 is 10.4 Å². The number of benzene rings is 2. The second kappa shape index (κ2) is 10.6.